The van der Waals surface area contributed by atoms with Crippen molar-refractivity contribution in [2.75, 3.05) is 0 Å². The fourth-order valence-corrected chi connectivity index (χ4v) is 2.84. The molecule has 0 radical (unpaired) electrons. The second-order valence-electron chi connectivity index (χ2n) is 2.83. The number of aliphatic carboxylic acids is 1. The normalized spacial score (nSPS) is 12.6. The van der Waals surface area contributed by atoms with Crippen molar-refractivity contribution >= 4 is 37.8 Å². The molecule has 0 spiro atoms. The van der Waals surface area contributed by atoms with E-state index in [-0.39, 0.29) is 0 Å². The molecule has 0 saturated heterocycles. The van der Waals surface area contributed by atoms with Crippen molar-refractivity contribution in [1.82, 2.24) is 9.97 Å². The molecule has 4 nitrogen and oxygen atoms in total. The third-order valence-corrected chi connectivity index (χ3v) is 2.98. The number of carboxylic acid groups (broad SMARTS) is 1. The Morgan fingerprint density at radius 2 is 1.79 bits per heavy atom. The largest absolute Gasteiger partial charge is 0.481 e. The highest BCUT2D eigenvalue weighted by atomic mass is 79.9. The van der Waals surface area contributed by atoms with E-state index < -0.39 is 11.9 Å². The first-order valence-corrected chi connectivity index (χ1v) is 5.44. The van der Waals surface area contributed by atoms with E-state index in [1.807, 2.05) is 0 Å². The Labute approximate surface area is 98.0 Å². The average molecular weight is 324 g/mol. The zero-order valence-electron chi connectivity index (χ0n) is 7.58. The van der Waals surface area contributed by atoms with Crippen molar-refractivity contribution in [3.63, 3.8) is 0 Å². The lowest BCUT2D eigenvalue weighted by molar-refractivity contribution is -0.138. The van der Waals surface area contributed by atoms with E-state index >= 15 is 0 Å². The van der Waals surface area contributed by atoms with Gasteiger partial charge in [-0.3, -0.25) is 4.79 Å². The zero-order valence-corrected chi connectivity index (χ0v) is 10.8. The molecule has 1 unspecified atom stereocenters. The van der Waals surface area contributed by atoms with E-state index in [9.17, 15) is 4.79 Å². The number of rotatable bonds is 2. The number of hydrogen-bond acceptors (Lipinski definition) is 3. The highest BCUT2D eigenvalue weighted by molar-refractivity contribution is 9.11. The van der Waals surface area contributed by atoms with Gasteiger partial charge in [0.1, 0.15) is 15.0 Å². The molecule has 0 bridgehead atoms. The number of carboxylic acids is 1. The summed E-state index contributed by atoms with van der Waals surface area (Å²) < 4.78 is 1.04. The van der Waals surface area contributed by atoms with Gasteiger partial charge in [-0.05, 0) is 45.7 Å². The van der Waals surface area contributed by atoms with Gasteiger partial charge in [0.15, 0.2) is 0 Å². The summed E-state index contributed by atoms with van der Waals surface area (Å²) in [4.78, 5) is 18.9. The second kappa shape index (κ2) is 4.35. The minimum atomic E-state index is -0.904. The van der Waals surface area contributed by atoms with Crippen molar-refractivity contribution in [2.24, 2.45) is 0 Å². The molecule has 0 fully saturated rings. The van der Waals surface area contributed by atoms with Crippen LogP contribution in [-0.2, 0) is 4.79 Å². The Hall–Kier alpha value is -0.490. The summed E-state index contributed by atoms with van der Waals surface area (Å²) >= 11 is 6.44. The molecule has 1 aromatic heterocycles. The van der Waals surface area contributed by atoms with E-state index in [1.54, 1.807) is 13.8 Å². The Kier molecular flexibility index (Phi) is 3.60. The second-order valence-corrected chi connectivity index (χ2v) is 4.33. The maximum absolute atomic E-state index is 10.8. The Bertz CT molecular complexity index is 359. The van der Waals surface area contributed by atoms with Crippen LogP contribution in [0.4, 0.5) is 0 Å². The molecule has 0 aromatic carbocycles. The van der Waals surface area contributed by atoms with Crippen LogP contribution in [-0.4, -0.2) is 21.0 Å². The number of nitrogens with zero attached hydrogens (tertiary/aromatic N) is 2. The standard InChI is InChI=1S/C8H8Br2N2O2/c1-3(8(13)14)5-6(9)11-4(2)12-7(5)10/h3H,1-2H3,(H,13,14). The van der Waals surface area contributed by atoms with Crippen LogP contribution in [0.3, 0.4) is 0 Å². The predicted molar refractivity (Wildman–Crippen MR) is 58.2 cm³/mol. The number of hydrogen-bond donors (Lipinski definition) is 1. The molecule has 1 rings (SSSR count). The molecule has 1 N–H and O–H groups in total. The lowest BCUT2D eigenvalue weighted by atomic mass is 10.1. The van der Waals surface area contributed by atoms with Crippen LogP contribution in [0.5, 0.6) is 0 Å². The van der Waals surface area contributed by atoms with E-state index in [0.29, 0.717) is 20.6 Å². The van der Waals surface area contributed by atoms with Gasteiger partial charge in [0, 0.05) is 5.56 Å². The minimum absolute atomic E-state index is 0.520. The molecule has 0 saturated carbocycles. The quantitative estimate of drug-likeness (QED) is 0.849. The number of aryl methyl sites for hydroxylation is 1. The Morgan fingerprint density at radius 3 is 2.14 bits per heavy atom. The van der Waals surface area contributed by atoms with Crippen molar-refractivity contribution in [1.29, 1.82) is 0 Å². The smallest absolute Gasteiger partial charge is 0.310 e. The summed E-state index contributed by atoms with van der Waals surface area (Å²) in [6.45, 7) is 3.33. The lowest BCUT2D eigenvalue weighted by Crippen LogP contribution is -2.11. The summed E-state index contributed by atoms with van der Waals surface area (Å²) in [5.41, 5.74) is 0.558. The van der Waals surface area contributed by atoms with Crippen LogP contribution >= 0.6 is 31.9 Å². The molecule has 1 heterocycles. The summed E-state index contributed by atoms with van der Waals surface area (Å²) in [6.07, 6.45) is 0. The molecule has 0 amide bonds. The highest BCUT2D eigenvalue weighted by Gasteiger charge is 2.21. The molecule has 76 valence electrons. The molecule has 6 heteroatoms. The summed E-state index contributed by atoms with van der Waals surface area (Å²) in [5.74, 6) is -0.955. The van der Waals surface area contributed by atoms with Crippen LogP contribution in [0.15, 0.2) is 9.21 Å². The van der Waals surface area contributed by atoms with Gasteiger partial charge in [-0.25, -0.2) is 9.97 Å². The van der Waals surface area contributed by atoms with Crippen LogP contribution in [0, 0.1) is 6.92 Å². The van der Waals surface area contributed by atoms with Gasteiger partial charge in [-0.2, -0.15) is 0 Å². The van der Waals surface area contributed by atoms with Crippen LogP contribution < -0.4 is 0 Å². The van der Waals surface area contributed by atoms with Gasteiger partial charge < -0.3 is 5.11 Å². The molecular formula is C8H8Br2N2O2. The zero-order chi connectivity index (χ0) is 10.9. The fourth-order valence-electron chi connectivity index (χ4n) is 0.995. The first-order chi connectivity index (χ1) is 6.43. The van der Waals surface area contributed by atoms with Crippen molar-refractivity contribution in [3.05, 3.63) is 20.6 Å². The highest BCUT2D eigenvalue weighted by Crippen LogP contribution is 2.29. The SMILES string of the molecule is Cc1nc(Br)c(C(C)C(=O)O)c(Br)n1. The summed E-state index contributed by atoms with van der Waals surface area (Å²) in [5, 5.41) is 8.86. The predicted octanol–water partition coefficient (Wildman–Crippen LogP) is 2.50. The molecule has 14 heavy (non-hydrogen) atoms. The third-order valence-electron chi connectivity index (χ3n) is 1.77. The average Bonchev–Trinajstić information content (AvgIpc) is 2.01. The van der Waals surface area contributed by atoms with Gasteiger partial charge in [0.2, 0.25) is 0 Å². The first kappa shape index (κ1) is 11.6. The molecular weight excluding hydrogens is 316 g/mol. The van der Waals surface area contributed by atoms with Gasteiger partial charge in [0.25, 0.3) is 0 Å². The minimum Gasteiger partial charge on any atom is -0.481 e. The maximum atomic E-state index is 10.8. The van der Waals surface area contributed by atoms with E-state index in [0.717, 1.165) is 0 Å². The van der Waals surface area contributed by atoms with Gasteiger partial charge in [-0.1, -0.05) is 0 Å². The Morgan fingerprint density at radius 1 is 1.36 bits per heavy atom. The van der Waals surface area contributed by atoms with E-state index in [4.69, 9.17) is 5.11 Å². The maximum Gasteiger partial charge on any atom is 0.310 e. The molecule has 1 atom stereocenters. The number of carbonyl (C=O) groups is 1. The summed E-state index contributed by atoms with van der Waals surface area (Å²) in [7, 11) is 0. The van der Waals surface area contributed by atoms with E-state index in [2.05, 4.69) is 41.8 Å². The fraction of sp³-hybridized carbons (Fsp3) is 0.375. The Balaban J connectivity index is 3.27. The lowest BCUT2D eigenvalue weighted by Gasteiger charge is -2.10. The molecule has 0 aliphatic carbocycles. The van der Waals surface area contributed by atoms with Crippen LogP contribution in [0.2, 0.25) is 0 Å². The molecule has 1 aromatic rings. The first-order valence-electron chi connectivity index (χ1n) is 3.85. The monoisotopic (exact) mass is 322 g/mol. The van der Waals surface area contributed by atoms with Crippen LogP contribution in [0.1, 0.15) is 24.2 Å². The van der Waals surface area contributed by atoms with Crippen molar-refractivity contribution in [3.8, 4) is 0 Å². The number of halogens is 2. The van der Waals surface area contributed by atoms with Crippen molar-refractivity contribution < 1.29 is 9.90 Å². The van der Waals surface area contributed by atoms with Crippen molar-refractivity contribution in [2.45, 2.75) is 19.8 Å². The molecule has 0 aliphatic rings. The number of aromatic nitrogens is 2. The van der Waals surface area contributed by atoms with Gasteiger partial charge in [-0.15, -0.1) is 0 Å². The van der Waals surface area contributed by atoms with Crippen LogP contribution in [0.25, 0.3) is 0 Å². The van der Waals surface area contributed by atoms with E-state index in [1.165, 1.54) is 0 Å². The third kappa shape index (κ3) is 2.30. The molecule has 0 aliphatic heterocycles. The summed E-state index contributed by atoms with van der Waals surface area (Å²) in [6, 6.07) is 0. The topological polar surface area (TPSA) is 63.1 Å². The van der Waals surface area contributed by atoms with Gasteiger partial charge >= 0.3 is 5.97 Å². The van der Waals surface area contributed by atoms with Gasteiger partial charge in [0.05, 0.1) is 5.92 Å².